The Kier molecular flexibility index (Phi) is 4.48. The van der Waals surface area contributed by atoms with Crippen LogP contribution in [-0.2, 0) is 13.0 Å². The molecule has 5 rings (SSSR count). The molecule has 146 valence electrons. The Hall–Kier alpha value is -3.61. The topological polar surface area (TPSA) is 76.6 Å². The number of nitrogens with one attached hydrogen (secondary N) is 1. The highest BCUT2D eigenvalue weighted by atomic mass is 16.6. The van der Waals surface area contributed by atoms with Crippen LogP contribution >= 0.6 is 0 Å². The molecule has 7 nitrogen and oxygen atoms in total. The molecule has 0 spiro atoms. The summed E-state index contributed by atoms with van der Waals surface area (Å²) in [6.45, 7) is 2.59. The van der Waals surface area contributed by atoms with Crippen LogP contribution in [0.5, 0.6) is 11.5 Å². The van der Waals surface area contributed by atoms with Crippen molar-refractivity contribution in [1.29, 1.82) is 0 Å². The molecule has 29 heavy (non-hydrogen) atoms. The van der Waals surface area contributed by atoms with Crippen molar-refractivity contribution in [3.8, 4) is 11.5 Å². The smallest absolute Gasteiger partial charge is 0.274 e. The lowest BCUT2D eigenvalue weighted by Gasteiger charge is -2.28. The maximum Gasteiger partial charge on any atom is 0.274 e. The summed E-state index contributed by atoms with van der Waals surface area (Å²) >= 11 is 0. The van der Waals surface area contributed by atoms with Gasteiger partial charge in [-0.05, 0) is 35.7 Å². The number of rotatable bonds is 3. The lowest BCUT2D eigenvalue weighted by Crippen LogP contribution is -2.32. The first-order chi connectivity index (χ1) is 14.3. The fourth-order valence-electron chi connectivity index (χ4n) is 3.61. The number of fused-ring (bicyclic) bond motifs is 2. The number of hydrogen-bond acceptors (Lipinski definition) is 6. The van der Waals surface area contributed by atoms with Gasteiger partial charge in [0.1, 0.15) is 18.9 Å². The van der Waals surface area contributed by atoms with Gasteiger partial charge in [0, 0.05) is 31.0 Å². The predicted octanol–water partition coefficient (Wildman–Crippen LogP) is 3.06. The largest absolute Gasteiger partial charge is 0.486 e. The third-order valence-electron chi connectivity index (χ3n) is 5.09. The Labute approximate surface area is 168 Å². The molecule has 0 saturated heterocycles. The molecule has 0 atom stereocenters. The highest BCUT2D eigenvalue weighted by molar-refractivity contribution is 6.03. The first kappa shape index (κ1) is 17.5. The first-order valence-corrected chi connectivity index (χ1v) is 9.62. The molecule has 0 saturated carbocycles. The number of carbonyl (C=O) groups excluding carboxylic acids is 1. The monoisotopic (exact) mass is 388 g/mol. The Balaban J connectivity index is 1.33. The SMILES string of the molecule is O=C(Nc1ccc2c(c1)OCCO2)c1ccnc(N2CCc3ccccc3C2)n1. The molecule has 0 bridgehead atoms. The zero-order valence-corrected chi connectivity index (χ0v) is 15.8. The Morgan fingerprint density at radius 3 is 2.72 bits per heavy atom. The second kappa shape index (κ2) is 7.43. The van der Waals surface area contributed by atoms with E-state index in [1.54, 1.807) is 30.5 Å². The van der Waals surface area contributed by atoms with Crippen LogP contribution in [0, 0.1) is 0 Å². The van der Waals surface area contributed by atoms with Gasteiger partial charge in [0.05, 0.1) is 0 Å². The highest BCUT2D eigenvalue weighted by Gasteiger charge is 2.20. The summed E-state index contributed by atoms with van der Waals surface area (Å²) in [6.07, 6.45) is 2.56. The van der Waals surface area contributed by atoms with Gasteiger partial charge in [-0.2, -0.15) is 0 Å². The van der Waals surface area contributed by atoms with Crippen LogP contribution in [0.15, 0.2) is 54.7 Å². The second-order valence-electron chi connectivity index (χ2n) is 6.99. The number of anilines is 2. The van der Waals surface area contributed by atoms with Crippen LogP contribution in [0.25, 0.3) is 0 Å². The Morgan fingerprint density at radius 1 is 1.00 bits per heavy atom. The van der Waals surface area contributed by atoms with E-state index in [2.05, 4.69) is 38.4 Å². The Bertz CT molecular complexity index is 1070. The van der Waals surface area contributed by atoms with E-state index in [1.165, 1.54) is 11.1 Å². The predicted molar refractivity (Wildman–Crippen MR) is 109 cm³/mol. The lowest BCUT2D eigenvalue weighted by molar-refractivity contribution is 0.102. The van der Waals surface area contributed by atoms with Crippen molar-refractivity contribution in [2.75, 3.05) is 30.0 Å². The average molecular weight is 388 g/mol. The van der Waals surface area contributed by atoms with E-state index >= 15 is 0 Å². The molecule has 7 heteroatoms. The maximum absolute atomic E-state index is 12.7. The molecule has 1 aromatic heterocycles. The second-order valence-corrected chi connectivity index (χ2v) is 6.99. The average Bonchev–Trinajstić information content (AvgIpc) is 2.79. The first-order valence-electron chi connectivity index (χ1n) is 9.62. The number of nitrogens with zero attached hydrogens (tertiary/aromatic N) is 3. The summed E-state index contributed by atoms with van der Waals surface area (Å²) in [5.41, 5.74) is 3.58. The maximum atomic E-state index is 12.7. The number of hydrogen-bond donors (Lipinski definition) is 1. The van der Waals surface area contributed by atoms with E-state index in [0.717, 1.165) is 19.5 Å². The zero-order chi connectivity index (χ0) is 19.6. The van der Waals surface area contributed by atoms with Crippen LogP contribution in [0.4, 0.5) is 11.6 Å². The quantitative estimate of drug-likeness (QED) is 0.743. The summed E-state index contributed by atoms with van der Waals surface area (Å²) in [5, 5.41) is 2.87. The molecule has 0 unspecified atom stereocenters. The molecular formula is C22H20N4O3. The van der Waals surface area contributed by atoms with Gasteiger partial charge in [-0.15, -0.1) is 0 Å². The van der Waals surface area contributed by atoms with Crippen molar-refractivity contribution in [3.63, 3.8) is 0 Å². The van der Waals surface area contributed by atoms with Gasteiger partial charge in [0.2, 0.25) is 5.95 Å². The van der Waals surface area contributed by atoms with Crippen LogP contribution < -0.4 is 19.7 Å². The van der Waals surface area contributed by atoms with Crippen molar-refractivity contribution in [1.82, 2.24) is 9.97 Å². The van der Waals surface area contributed by atoms with Crippen LogP contribution in [-0.4, -0.2) is 35.6 Å². The van der Waals surface area contributed by atoms with E-state index < -0.39 is 0 Å². The number of ether oxygens (including phenoxy) is 2. The molecule has 0 aliphatic carbocycles. The molecule has 3 heterocycles. The van der Waals surface area contributed by atoms with Crippen molar-refractivity contribution < 1.29 is 14.3 Å². The minimum absolute atomic E-state index is 0.289. The van der Waals surface area contributed by atoms with Gasteiger partial charge in [0.25, 0.3) is 5.91 Å². The molecule has 0 fully saturated rings. The molecule has 1 amide bonds. The summed E-state index contributed by atoms with van der Waals surface area (Å²) in [7, 11) is 0. The lowest BCUT2D eigenvalue weighted by atomic mass is 10.0. The molecule has 1 N–H and O–H groups in total. The minimum Gasteiger partial charge on any atom is -0.486 e. The standard InChI is InChI=1S/C22H20N4O3/c27-21(24-17-5-6-19-20(13-17)29-12-11-28-19)18-7-9-23-22(25-18)26-10-8-15-3-1-2-4-16(15)14-26/h1-7,9,13H,8,10-12,14H2,(H,24,27). The van der Waals surface area contributed by atoms with E-state index in [4.69, 9.17) is 9.47 Å². The summed E-state index contributed by atoms with van der Waals surface area (Å²) in [4.78, 5) is 23.7. The number of benzene rings is 2. The summed E-state index contributed by atoms with van der Waals surface area (Å²) in [6, 6.07) is 15.3. The molecular weight excluding hydrogens is 368 g/mol. The fraction of sp³-hybridized carbons (Fsp3) is 0.227. The summed E-state index contributed by atoms with van der Waals surface area (Å²) in [5.74, 6) is 1.59. The van der Waals surface area contributed by atoms with Gasteiger partial charge in [0.15, 0.2) is 11.5 Å². The minimum atomic E-state index is -0.289. The summed E-state index contributed by atoms with van der Waals surface area (Å²) < 4.78 is 11.1. The van der Waals surface area contributed by atoms with Gasteiger partial charge in [-0.25, -0.2) is 9.97 Å². The van der Waals surface area contributed by atoms with Crippen LogP contribution in [0.3, 0.4) is 0 Å². The van der Waals surface area contributed by atoms with E-state index in [9.17, 15) is 4.79 Å². The Morgan fingerprint density at radius 2 is 1.83 bits per heavy atom. The normalized spacial score (nSPS) is 14.8. The highest BCUT2D eigenvalue weighted by Crippen LogP contribution is 2.32. The van der Waals surface area contributed by atoms with Gasteiger partial charge >= 0.3 is 0 Å². The molecule has 2 aliphatic heterocycles. The molecule has 3 aromatic rings. The fourth-order valence-corrected chi connectivity index (χ4v) is 3.61. The molecule has 0 radical (unpaired) electrons. The number of aromatic nitrogens is 2. The van der Waals surface area contributed by atoms with Crippen LogP contribution in [0.2, 0.25) is 0 Å². The third-order valence-corrected chi connectivity index (χ3v) is 5.09. The zero-order valence-electron chi connectivity index (χ0n) is 15.8. The van der Waals surface area contributed by atoms with Crippen molar-refractivity contribution >= 4 is 17.5 Å². The van der Waals surface area contributed by atoms with E-state index in [0.29, 0.717) is 42.0 Å². The van der Waals surface area contributed by atoms with Gasteiger partial charge in [-0.1, -0.05) is 24.3 Å². The van der Waals surface area contributed by atoms with E-state index in [-0.39, 0.29) is 5.91 Å². The third kappa shape index (κ3) is 3.59. The van der Waals surface area contributed by atoms with Crippen molar-refractivity contribution in [3.05, 3.63) is 71.5 Å². The van der Waals surface area contributed by atoms with Crippen LogP contribution in [0.1, 0.15) is 21.6 Å². The van der Waals surface area contributed by atoms with Crippen molar-refractivity contribution in [2.45, 2.75) is 13.0 Å². The van der Waals surface area contributed by atoms with Gasteiger partial charge < -0.3 is 19.7 Å². The molecule has 2 aromatic carbocycles. The van der Waals surface area contributed by atoms with Crippen molar-refractivity contribution in [2.24, 2.45) is 0 Å². The van der Waals surface area contributed by atoms with Gasteiger partial charge in [-0.3, -0.25) is 4.79 Å². The van der Waals surface area contributed by atoms with E-state index in [1.807, 2.05) is 6.07 Å². The number of carbonyl (C=O) groups is 1. The number of amides is 1. The molecule has 2 aliphatic rings.